The van der Waals surface area contributed by atoms with E-state index >= 15 is 0 Å². The van der Waals surface area contributed by atoms with Crippen molar-refractivity contribution in [2.24, 2.45) is 17.8 Å². The molecule has 0 aromatic carbocycles. The van der Waals surface area contributed by atoms with Crippen LogP contribution in [0.5, 0.6) is 0 Å². The zero-order chi connectivity index (χ0) is 10.4. The van der Waals surface area contributed by atoms with Crippen molar-refractivity contribution in [2.75, 3.05) is 0 Å². The van der Waals surface area contributed by atoms with Crippen molar-refractivity contribution in [1.29, 1.82) is 0 Å². The van der Waals surface area contributed by atoms with E-state index in [0.29, 0.717) is 0 Å². The first-order chi connectivity index (χ1) is 5.76. The summed E-state index contributed by atoms with van der Waals surface area (Å²) in [6, 6.07) is 0. The van der Waals surface area contributed by atoms with Crippen LogP contribution in [0.3, 0.4) is 0 Å². The van der Waals surface area contributed by atoms with E-state index in [4.69, 9.17) is 0 Å². The van der Waals surface area contributed by atoms with Gasteiger partial charge in [-0.1, -0.05) is 52.2 Å². The molecule has 0 aliphatic heterocycles. The van der Waals surface area contributed by atoms with E-state index in [1.807, 2.05) is 0 Å². The third kappa shape index (κ3) is 2.49. The minimum atomic E-state index is -0.971. The van der Waals surface area contributed by atoms with Crippen LogP contribution in [0.2, 0.25) is 25.2 Å². The van der Waals surface area contributed by atoms with Crippen LogP contribution in [0, 0.1) is 23.7 Å². The van der Waals surface area contributed by atoms with Gasteiger partial charge in [-0.2, -0.15) is 18.4 Å². The maximum absolute atomic E-state index is 2.52. The summed E-state index contributed by atoms with van der Waals surface area (Å²) < 4.78 is 0. The van der Waals surface area contributed by atoms with Gasteiger partial charge in [0, 0.05) is 8.07 Å². The summed E-state index contributed by atoms with van der Waals surface area (Å²) in [6.07, 6.45) is 0. The second-order valence-corrected chi connectivity index (χ2v) is 11.4. The summed E-state index contributed by atoms with van der Waals surface area (Å²) in [5.74, 6) is 4.46. The number of hydrogen-bond acceptors (Lipinski definition) is 0. The summed E-state index contributed by atoms with van der Waals surface area (Å²) in [7, 11) is -0.971. The molecule has 1 fully saturated rings. The molecule has 0 saturated heterocycles. The molecular weight excluding hydrogens is 179 g/mol. The standard InChI is InChI=1S/C12H25Si.Li/c1-8-9(2)11(4)12(10(8)3)13(5,6)7;/h8-10,12H,1-7H3;/q-1;+1. The Balaban J connectivity index is 0.00000169. The molecule has 0 heterocycles. The summed E-state index contributed by atoms with van der Waals surface area (Å²) in [4.78, 5) is 0. The normalized spacial score (nSPS) is 39.6. The maximum atomic E-state index is 2.52. The first kappa shape index (κ1) is 14.8. The minimum absolute atomic E-state index is 0. The molecule has 0 radical (unpaired) electrons. The van der Waals surface area contributed by atoms with Crippen LogP contribution in [0.15, 0.2) is 0 Å². The van der Waals surface area contributed by atoms with E-state index in [1.165, 1.54) is 0 Å². The fourth-order valence-electron chi connectivity index (χ4n) is 3.34. The summed E-state index contributed by atoms with van der Waals surface area (Å²) in [5.41, 5.74) is 0.956. The molecule has 0 N–H and O–H groups in total. The maximum Gasteiger partial charge on any atom is 1.00 e. The zero-order valence-corrected chi connectivity index (χ0v) is 12.3. The van der Waals surface area contributed by atoms with E-state index in [0.717, 1.165) is 23.3 Å². The third-order valence-electron chi connectivity index (χ3n) is 4.29. The first-order valence-corrected chi connectivity index (χ1v) is 9.18. The van der Waals surface area contributed by atoms with Gasteiger partial charge in [-0.3, -0.25) is 0 Å². The van der Waals surface area contributed by atoms with E-state index < -0.39 is 8.07 Å². The largest absolute Gasteiger partial charge is 1.00 e. The Bertz CT molecular complexity index is 171. The third-order valence-corrected chi connectivity index (χ3v) is 7.13. The van der Waals surface area contributed by atoms with Crippen LogP contribution < -0.4 is 18.9 Å². The molecule has 0 nitrogen and oxygen atoms in total. The van der Waals surface area contributed by atoms with Crippen LogP contribution in [0.4, 0.5) is 0 Å². The monoisotopic (exact) mass is 204 g/mol. The Morgan fingerprint density at radius 1 is 0.929 bits per heavy atom. The Hall–Kier alpha value is 0.814. The quantitative estimate of drug-likeness (QED) is 0.445. The van der Waals surface area contributed by atoms with Gasteiger partial charge in [0.15, 0.2) is 0 Å². The van der Waals surface area contributed by atoms with Crippen LogP contribution in [-0.4, -0.2) is 8.07 Å². The van der Waals surface area contributed by atoms with Gasteiger partial charge in [-0.15, -0.1) is 0 Å². The van der Waals surface area contributed by atoms with Gasteiger partial charge in [-0.05, 0) is 0 Å². The summed E-state index contributed by atoms with van der Waals surface area (Å²) in [5, 5.41) is 0. The second-order valence-electron chi connectivity index (χ2n) is 6.09. The molecule has 0 amide bonds. The molecule has 1 rings (SSSR count). The van der Waals surface area contributed by atoms with Crippen molar-refractivity contribution in [3.8, 4) is 0 Å². The van der Waals surface area contributed by atoms with Crippen molar-refractivity contribution in [3.63, 3.8) is 0 Å². The molecule has 4 atom stereocenters. The molecular formula is C12H25LiSi. The Morgan fingerprint density at radius 2 is 1.36 bits per heavy atom. The van der Waals surface area contributed by atoms with Crippen molar-refractivity contribution in [1.82, 2.24) is 0 Å². The predicted molar refractivity (Wildman–Crippen MR) is 63.5 cm³/mol. The van der Waals surface area contributed by atoms with E-state index in [1.54, 1.807) is 5.92 Å². The molecule has 2 heteroatoms. The van der Waals surface area contributed by atoms with Crippen LogP contribution >= 0.6 is 0 Å². The predicted octanol–water partition coefficient (Wildman–Crippen LogP) is 1.22. The average Bonchev–Trinajstić information content (AvgIpc) is 2.14. The van der Waals surface area contributed by atoms with E-state index in [-0.39, 0.29) is 18.9 Å². The summed E-state index contributed by atoms with van der Waals surface area (Å²) >= 11 is 0. The fraction of sp³-hybridized carbons (Fsp3) is 0.917. The van der Waals surface area contributed by atoms with Crippen molar-refractivity contribution in [3.05, 3.63) is 5.92 Å². The molecule has 14 heavy (non-hydrogen) atoms. The van der Waals surface area contributed by atoms with Gasteiger partial charge in [-0.25, -0.2) is 0 Å². The smallest absolute Gasteiger partial charge is 0.313 e. The Morgan fingerprint density at radius 3 is 1.50 bits per heavy atom. The van der Waals surface area contributed by atoms with Gasteiger partial charge in [0.05, 0.1) is 0 Å². The van der Waals surface area contributed by atoms with Crippen molar-refractivity contribution >= 4 is 8.07 Å². The van der Waals surface area contributed by atoms with Crippen molar-refractivity contribution < 1.29 is 18.9 Å². The van der Waals surface area contributed by atoms with Crippen LogP contribution in [-0.2, 0) is 0 Å². The molecule has 0 spiro atoms. The number of rotatable bonds is 1. The average molecular weight is 204 g/mol. The topological polar surface area (TPSA) is 0 Å². The Kier molecular flexibility index (Phi) is 5.04. The van der Waals surface area contributed by atoms with E-state index in [9.17, 15) is 0 Å². The molecule has 4 unspecified atom stereocenters. The fourth-order valence-corrected chi connectivity index (χ4v) is 6.85. The number of hydrogen-bond donors (Lipinski definition) is 0. The Labute approximate surface area is 103 Å². The summed E-state index contributed by atoms with van der Waals surface area (Å²) in [6.45, 7) is 17.2. The van der Waals surface area contributed by atoms with Crippen LogP contribution in [0.1, 0.15) is 27.7 Å². The van der Waals surface area contributed by atoms with Gasteiger partial charge in [0.2, 0.25) is 0 Å². The van der Waals surface area contributed by atoms with Gasteiger partial charge >= 0.3 is 18.9 Å². The van der Waals surface area contributed by atoms with Gasteiger partial charge in [0.25, 0.3) is 0 Å². The van der Waals surface area contributed by atoms with Crippen molar-refractivity contribution in [2.45, 2.75) is 52.9 Å². The molecule has 1 aliphatic rings. The SMILES string of the molecule is C[C-]1C(C)C(C)C(C)C1[Si](C)(C)C.[Li+]. The zero-order valence-electron chi connectivity index (χ0n) is 11.3. The first-order valence-electron chi connectivity index (χ1n) is 5.60. The molecule has 0 aromatic rings. The molecule has 1 saturated carbocycles. The molecule has 0 bridgehead atoms. The van der Waals surface area contributed by atoms with Gasteiger partial charge < -0.3 is 5.92 Å². The van der Waals surface area contributed by atoms with Crippen LogP contribution in [0.25, 0.3) is 0 Å². The molecule has 0 aromatic heterocycles. The van der Waals surface area contributed by atoms with E-state index in [2.05, 4.69) is 47.3 Å². The second kappa shape index (κ2) is 4.77. The molecule has 1 aliphatic carbocycles. The minimum Gasteiger partial charge on any atom is -0.313 e. The molecule has 78 valence electrons. The van der Waals surface area contributed by atoms with Gasteiger partial charge in [0.1, 0.15) is 0 Å².